The highest BCUT2D eigenvalue weighted by Gasteiger charge is 2.22. The SMILES string of the molecule is CN1CCN(c2ccc(-c3ccnc4ccc(-c5cnc(N)c(S(=O)(=O)N(C)C)c5)cc34)cn2)CC1. The molecule has 1 aliphatic heterocycles. The molecular formula is C26H29N7O2S. The molecule has 10 heteroatoms. The first-order chi connectivity index (χ1) is 17.2. The zero-order valence-corrected chi connectivity index (χ0v) is 21.4. The molecule has 4 heterocycles. The van der Waals surface area contributed by atoms with Gasteiger partial charge in [-0.15, -0.1) is 0 Å². The van der Waals surface area contributed by atoms with Crippen LogP contribution in [0, 0.1) is 0 Å². The number of rotatable bonds is 5. The van der Waals surface area contributed by atoms with Crippen molar-refractivity contribution in [2.45, 2.75) is 4.90 Å². The predicted octanol–water partition coefficient (Wildman–Crippen LogP) is 2.94. The van der Waals surface area contributed by atoms with Crippen LogP contribution >= 0.6 is 0 Å². The Morgan fingerprint density at radius 2 is 1.58 bits per heavy atom. The summed E-state index contributed by atoms with van der Waals surface area (Å²) < 4.78 is 26.6. The molecule has 0 aliphatic carbocycles. The van der Waals surface area contributed by atoms with Gasteiger partial charge >= 0.3 is 0 Å². The van der Waals surface area contributed by atoms with Gasteiger partial charge in [-0.05, 0) is 54.6 Å². The topological polar surface area (TPSA) is 109 Å². The quantitative estimate of drug-likeness (QED) is 0.443. The van der Waals surface area contributed by atoms with Gasteiger partial charge in [-0.25, -0.2) is 22.7 Å². The highest BCUT2D eigenvalue weighted by molar-refractivity contribution is 7.89. The molecule has 1 fully saturated rings. The number of likely N-dealkylation sites (N-methyl/N-ethyl adjacent to an activating group) is 1. The molecule has 1 aliphatic rings. The molecule has 1 saturated heterocycles. The van der Waals surface area contributed by atoms with Crippen molar-refractivity contribution in [3.8, 4) is 22.3 Å². The number of hydrogen-bond donors (Lipinski definition) is 1. The third-order valence-electron chi connectivity index (χ3n) is 6.60. The number of sulfonamides is 1. The van der Waals surface area contributed by atoms with Crippen LogP contribution in [0.25, 0.3) is 33.2 Å². The van der Waals surface area contributed by atoms with Gasteiger partial charge in [-0.3, -0.25) is 4.98 Å². The highest BCUT2D eigenvalue weighted by atomic mass is 32.2. The highest BCUT2D eigenvalue weighted by Crippen LogP contribution is 2.33. The Labute approximate surface area is 211 Å². The van der Waals surface area contributed by atoms with Crippen LogP contribution < -0.4 is 10.6 Å². The van der Waals surface area contributed by atoms with Crippen LogP contribution in [0.1, 0.15) is 0 Å². The summed E-state index contributed by atoms with van der Waals surface area (Å²) in [6, 6.07) is 13.5. The molecule has 0 bridgehead atoms. The number of aromatic nitrogens is 3. The van der Waals surface area contributed by atoms with E-state index in [1.807, 2.05) is 30.5 Å². The number of nitrogens with two attached hydrogens (primary N) is 1. The Hall–Kier alpha value is -3.60. The molecule has 0 saturated carbocycles. The first kappa shape index (κ1) is 24.1. The summed E-state index contributed by atoms with van der Waals surface area (Å²) in [5.74, 6) is 0.954. The van der Waals surface area contributed by atoms with Crippen LogP contribution in [0.15, 0.2) is 66.0 Å². The fourth-order valence-corrected chi connectivity index (χ4v) is 5.35. The number of nitrogens with zero attached hydrogens (tertiary/aromatic N) is 6. The second-order valence-electron chi connectivity index (χ2n) is 9.18. The Kier molecular flexibility index (Phi) is 6.33. The molecule has 9 nitrogen and oxygen atoms in total. The van der Waals surface area contributed by atoms with E-state index in [4.69, 9.17) is 10.7 Å². The van der Waals surface area contributed by atoms with Gasteiger partial charge < -0.3 is 15.5 Å². The number of fused-ring (bicyclic) bond motifs is 1. The standard InChI is InChI=1S/C26H29N7O2S/c1-31(2)36(34,35)24-15-20(17-30-26(24)27)18-4-6-23-22(14-18)21(8-9-28-23)19-5-7-25(29-16-19)33-12-10-32(3)11-13-33/h4-9,14-17H,10-13H2,1-3H3,(H2,27,30). The Morgan fingerprint density at radius 3 is 2.28 bits per heavy atom. The summed E-state index contributed by atoms with van der Waals surface area (Å²) in [6.07, 6.45) is 5.29. The second-order valence-corrected chi connectivity index (χ2v) is 11.3. The lowest BCUT2D eigenvalue weighted by atomic mass is 9.99. The van der Waals surface area contributed by atoms with Gasteiger partial charge in [0.1, 0.15) is 16.5 Å². The van der Waals surface area contributed by atoms with Crippen molar-refractivity contribution < 1.29 is 8.42 Å². The average Bonchev–Trinajstić information content (AvgIpc) is 2.89. The average molecular weight is 504 g/mol. The number of benzene rings is 1. The molecule has 0 unspecified atom stereocenters. The molecule has 0 amide bonds. The van der Waals surface area contributed by atoms with Crippen LogP contribution in [0.3, 0.4) is 0 Å². The minimum absolute atomic E-state index is 0.0137. The van der Waals surface area contributed by atoms with E-state index in [9.17, 15) is 8.42 Å². The number of hydrogen-bond acceptors (Lipinski definition) is 8. The van der Waals surface area contributed by atoms with Gasteiger partial charge in [0.25, 0.3) is 0 Å². The predicted molar refractivity (Wildman–Crippen MR) is 143 cm³/mol. The van der Waals surface area contributed by atoms with Gasteiger partial charge in [0, 0.05) is 75.4 Å². The van der Waals surface area contributed by atoms with Crippen LogP contribution in [-0.2, 0) is 10.0 Å². The third-order valence-corrected chi connectivity index (χ3v) is 8.45. The van der Waals surface area contributed by atoms with E-state index in [0.29, 0.717) is 5.56 Å². The fraction of sp³-hybridized carbons (Fsp3) is 0.269. The maximum atomic E-state index is 12.7. The zero-order valence-electron chi connectivity index (χ0n) is 20.6. The molecule has 36 heavy (non-hydrogen) atoms. The van der Waals surface area contributed by atoms with E-state index in [1.54, 1.807) is 18.5 Å². The number of nitrogen functional groups attached to an aromatic ring is 1. The number of piperazine rings is 1. The van der Waals surface area contributed by atoms with Crippen molar-refractivity contribution >= 4 is 32.6 Å². The van der Waals surface area contributed by atoms with Crippen LogP contribution in [0.4, 0.5) is 11.6 Å². The normalized spacial score (nSPS) is 15.1. The molecule has 2 N–H and O–H groups in total. The van der Waals surface area contributed by atoms with E-state index < -0.39 is 10.0 Å². The lowest BCUT2D eigenvalue weighted by Crippen LogP contribution is -2.44. The molecule has 186 valence electrons. The van der Waals surface area contributed by atoms with E-state index in [0.717, 1.165) is 63.9 Å². The summed E-state index contributed by atoms with van der Waals surface area (Å²) in [5, 5.41) is 0.943. The van der Waals surface area contributed by atoms with E-state index >= 15 is 0 Å². The minimum Gasteiger partial charge on any atom is -0.383 e. The summed E-state index contributed by atoms with van der Waals surface area (Å²) in [6.45, 7) is 3.98. The van der Waals surface area contributed by atoms with Crippen LogP contribution in [0.2, 0.25) is 0 Å². The molecule has 0 atom stereocenters. The van der Waals surface area contributed by atoms with Crippen molar-refractivity contribution in [2.24, 2.45) is 0 Å². The summed E-state index contributed by atoms with van der Waals surface area (Å²) >= 11 is 0. The molecule has 5 rings (SSSR count). The smallest absolute Gasteiger partial charge is 0.246 e. The number of pyridine rings is 3. The zero-order chi connectivity index (χ0) is 25.4. The van der Waals surface area contributed by atoms with E-state index in [-0.39, 0.29) is 10.7 Å². The monoisotopic (exact) mass is 503 g/mol. The van der Waals surface area contributed by atoms with E-state index in [1.165, 1.54) is 14.1 Å². The molecule has 0 radical (unpaired) electrons. The maximum absolute atomic E-state index is 12.7. The van der Waals surface area contributed by atoms with Gasteiger partial charge in [0.2, 0.25) is 10.0 Å². The van der Waals surface area contributed by atoms with Crippen molar-refractivity contribution in [3.63, 3.8) is 0 Å². The first-order valence-corrected chi connectivity index (χ1v) is 13.1. The molecular weight excluding hydrogens is 474 g/mol. The molecule has 0 spiro atoms. The van der Waals surface area contributed by atoms with Gasteiger partial charge in [-0.2, -0.15) is 0 Å². The summed E-state index contributed by atoms with van der Waals surface area (Å²) in [4.78, 5) is 18.0. The van der Waals surface area contributed by atoms with Crippen molar-refractivity contribution in [2.75, 3.05) is 58.0 Å². The maximum Gasteiger partial charge on any atom is 0.246 e. The fourth-order valence-electron chi connectivity index (χ4n) is 4.36. The van der Waals surface area contributed by atoms with Crippen LogP contribution in [-0.4, -0.2) is 79.9 Å². The van der Waals surface area contributed by atoms with Gasteiger partial charge in [-0.1, -0.05) is 6.07 Å². The molecule has 4 aromatic rings. The Bertz CT molecular complexity index is 1510. The largest absolute Gasteiger partial charge is 0.383 e. The molecule has 1 aromatic carbocycles. The van der Waals surface area contributed by atoms with Crippen molar-refractivity contribution in [3.05, 3.63) is 61.1 Å². The lowest BCUT2D eigenvalue weighted by molar-refractivity contribution is 0.312. The second kappa shape index (κ2) is 9.45. The van der Waals surface area contributed by atoms with Gasteiger partial charge in [0.05, 0.1) is 5.52 Å². The minimum atomic E-state index is -3.73. The first-order valence-electron chi connectivity index (χ1n) is 11.7. The van der Waals surface area contributed by atoms with Crippen molar-refractivity contribution in [1.82, 2.24) is 24.2 Å². The molecule has 3 aromatic heterocycles. The lowest BCUT2D eigenvalue weighted by Gasteiger charge is -2.33. The Balaban J connectivity index is 1.53. The Morgan fingerprint density at radius 1 is 0.861 bits per heavy atom. The third kappa shape index (κ3) is 4.50. The summed E-state index contributed by atoms with van der Waals surface area (Å²) in [5.41, 5.74) is 10.2. The van der Waals surface area contributed by atoms with Gasteiger partial charge in [0.15, 0.2) is 0 Å². The summed E-state index contributed by atoms with van der Waals surface area (Å²) in [7, 11) is 1.35. The van der Waals surface area contributed by atoms with Crippen molar-refractivity contribution in [1.29, 1.82) is 0 Å². The number of anilines is 2. The van der Waals surface area contributed by atoms with E-state index in [2.05, 4.69) is 38.9 Å². The van der Waals surface area contributed by atoms with Crippen LogP contribution in [0.5, 0.6) is 0 Å².